The van der Waals surface area contributed by atoms with Gasteiger partial charge in [0.05, 0.1) is 12.3 Å². The van der Waals surface area contributed by atoms with Crippen LogP contribution >= 0.6 is 0 Å². The molecule has 4 heteroatoms. The van der Waals surface area contributed by atoms with Gasteiger partial charge in [-0.3, -0.25) is 9.59 Å². The van der Waals surface area contributed by atoms with Crippen LogP contribution in [-0.4, -0.2) is 22.6 Å². The Morgan fingerprint density at radius 2 is 1.14 bits per heavy atom. The van der Waals surface area contributed by atoms with E-state index in [9.17, 15) is 14.7 Å². The number of carboxylic acid groups (broad SMARTS) is 1. The molecular formula is C24H46O4. The highest BCUT2D eigenvalue weighted by atomic mass is 16.6. The monoisotopic (exact) mass is 398 g/mol. The smallest absolute Gasteiger partial charge is 0.307 e. The number of unbranched alkanes of at least 4 members (excludes halogenated alkanes) is 13. The first-order valence-corrected chi connectivity index (χ1v) is 11.7. The maximum absolute atomic E-state index is 11.8. The molecule has 0 spiro atoms. The van der Waals surface area contributed by atoms with Crippen LogP contribution in [0.1, 0.15) is 130 Å². The third kappa shape index (κ3) is 18.3. The fraction of sp³-hybridized carbons (Fsp3) is 0.917. The summed E-state index contributed by atoms with van der Waals surface area (Å²) in [5.74, 6) is -1.92. The predicted molar refractivity (Wildman–Crippen MR) is 117 cm³/mol. The molecule has 0 aromatic carbocycles. The summed E-state index contributed by atoms with van der Waals surface area (Å²) in [6, 6.07) is 0. The molecule has 0 aromatic rings. The molecule has 28 heavy (non-hydrogen) atoms. The lowest BCUT2D eigenvalue weighted by Gasteiger charge is -2.21. The first-order chi connectivity index (χ1) is 13.3. The van der Waals surface area contributed by atoms with Gasteiger partial charge in [0, 0.05) is 0 Å². The highest BCUT2D eigenvalue weighted by molar-refractivity contribution is 5.78. The zero-order chi connectivity index (χ0) is 21.3. The molecule has 4 nitrogen and oxygen atoms in total. The average molecular weight is 399 g/mol. The minimum absolute atomic E-state index is 0.0228. The van der Waals surface area contributed by atoms with Gasteiger partial charge in [0.1, 0.15) is 5.60 Å². The molecule has 0 aliphatic rings. The Morgan fingerprint density at radius 1 is 0.750 bits per heavy atom. The van der Waals surface area contributed by atoms with Crippen LogP contribution in [0.2, 0.25) is 0 Å². The number of carbonyl (C=O) groups excluding carboxylic acids is 1. The molecule has 0 aromatic heterocycles. The van der Waals surface area contributed by atoms with Crippen molar-refractivity contribution in [1.29, 1.82) is 0 Å². The maximum atomic E-state index is 11.8. The molecule has 166 valence electrons. The van der Waals surface area contributed by atoms with Crippen LogP contribution in [-0.2, 0) is 14.3 Å². The van der Waals surface area contributed by atoms with Crippen molar-refractivity contribution in [2.75, 3.05) is 0 Å². The summed E-state index contributed by atoms with van der Waals surface area (Å²) in [6.45, 7) is 7.66. The van der Waals surface area contributed by atoms with Gasteiger partial charge in [-0.1, -0.05) is 96.8 Å². The lowest BCUT2D eigenvalue weighted by atomic mass is 9.97. The van der Waals surface area contributed by atoms with Crippen molar-refractivity contribution < 1.29 is 19.4 Å². The highest BCUT2D eigenvalue weighted by Gasteiger charge is 2.24. The quantitative estimate of drug-likeness (QED) is 0.194. The summed E-state index contributed by atoms with van der Waals surface area (Å²) in [4.78, 5) is 23.2. The lowest BCUT2D eigenvalue weighted by molar-refractivity contribution is -0.160. The highest BCUT2D eigenvalue weighted by Crippen LogP contribution is 2.19. The van der Waals surface area contributed by atoms with E-state index in [1.54, 1.807) is 20.8 Å². The van der Waals surface area contributed by atoms with E-state index in [1.165, 1.54) is 70.6 Å². The van der Waals surface area contributed by atoms with E-state index >= 15 is 0 Å². The Morgan fingerprint density at radius 3 is 1.50 bits per heavy atom. The van der Waals surface area contributed by atoms with Gasteiger partial charge in [0.2, 0.25) is 0 Å². The Hall–Kier alpha value is -1.06. The molecule has 0 radical (unpaired) electrons. The molecule has 0 fully saturated rings. The van der Waals surface area contributed by atoms with Crippen molar-refractivity contribution in [2.24, 2.45) is 5.92 Å². The Bertz CT molecular complexity index is 398. The van der Waals surface area contributed by atoms with E-state index in [1.807, 2.05) is 0 Å². The maximum Gasteiger partial charge on any atom is 0.307 e. The fourth-order valence-electron chi connectivity index (χ4n) is 3.48. The minimum Gasteiger partial charge on any atom is -0.481 e. The Balaban J connectivity index is 3.58. The largest absolute Gasteiger partial charge is 0.481 e. The summed E-state index contributed by atoms with van der Waals surface area (Å²) >= 11 is 0. The SMILES string of the molecule is CCCCCCCCCCCCCCCC[C@H](CC(=O)OC(C)(C)C)C(=O)O. The topological polar surface area (TPSA) is 63.6 Å². The van der Waals surface area contributed by atoms with Gasteiger partial charge in [0.25, 0.3) is 0 Å². The first kappa shape index (κ1) is 26.9. The summed E-state index contributed by atoms with van der Waals surface area (Å²) in [6.07, 6.45) is 18.5. The van der Waals surface area contributed by atoms with Crippen LogP contribution < -0.4 is 0 Å². The normalized spacial score (nSPS) is 12.7. The van der Waals surface area contributed by atoms with Crippen molar-refractivity contribution in [3.8, 4) is 0 Å². The van der Waals surface area contributed by atoms with E-state index in [4.69, 9.17) is 4.74 Å². The second-order valence-corrected chi connectivity index (χ2v) is 9.21. The number of aliphatic carboxylic acids is 1. The fourth-order valence-corrected chi connectivity index (χ4v) is 3.48. The van der Waals surface area contributed by atoms with Crippen molar-refractivity contribution in [2.45, 2.75) is 136 Å². The number of carbonyl (C=O) groups is 2. The van der Waals surface area contributed by atoms with Crippen molar-refractivity contribution in [1.82, 2.24) is 0 Å². The molecule has 0 aliphatic carbocycles. The lowest BCUT2D eigenvalue weighted by Crippen LogP contribution is -2.27. The van der Waals surface area contributed by atoms with Crippen LogP contribution in [0.25, 0.3) is 0 Å². The van der Waals surface area contributed by atoms with E-state index in [0.717, 1.165) is 19.3 Å². The molecule has 0 bridgehead atoms. The van der Waals surface area contributed by atoms with E-state index in [0.29, 0.717) is 6.42 Å². The number of rotatable bonds is 18. The molecule has 0 aliphatic heterocycles. The molecule has 0 saturated carbocycles. The molecule has 0 saturated heterocycles. The number of esters is 1. The van der Waals surface area contributed by atoms with Gasteiger partial charge in [-0.15, -0.1) is 0 Å². The Labute approximate surface area is 173 Å². The third-order valence-corrected chi connectivity index (χ3v) is 5.09. The van der Waals surface area contributed by atoms with E-state index in [2.05, 4.69) is 6.92 Å². The zero-order valence-corrected chi connectivity index (χ0v) is 19.1. The zero-order valence-electron chi connectivity index (χ0n) is 19.1. The molecule has 0 unspecified atom stereocenters. The summed E-state index contributed by atoms with van der Waals surface area (Å²) in [5.41, 5.74) is -0.560. The Kier molecular flexibility index (Phi) is 16.2. The van der Waals surface area contributed by atoms with E-state index < -0.39 is 23.5 Å². The van der Waals surface area contributed by atoms with Gasteiger partial charge in [-0.2, -0.15) is 0 Å². The standard InChI is InChI=1S/C24H46O4/c1-5-6-7-8-9-10-11-12-13-14-15-16-17-18-19-21(23(26)27)20-22(25)28-24(2,3)4/h21H,5-20H2,1-4H3,(H,26,27)/t21-/m1/s1. The average Bonchev–Trinajstić information content (AvgIpc) is 2.59. The van der Waals surface area contributed by atoms with Gasteiger partial charge in [-0.05, 0) is 27.2 Å². The van der Waals surface area contributed by atoms with Crippen LogP contribution in [0.3, 0.4) is 0 Å². The van der Waals surface area contributed by atoms with Gasteiger partial charge in [-0.25, -0.2) is 0 Å². The molecule has 1 N–H and O–H groups in total. The third-order valence-electron chi connectivity index (χ3n) is 5.09. The van der Waals surface area contributed by atoms with Crippen LogP contribution in [0.5, 0.6) is 0 Å². The predicted octanol–water partition coefficient (Wildman–Crippen LogP) is 7.29. The number of hydrogen-bond donors (Lipinski definition) is 1. The summed E-state index contributed by atoms with van der Waals surface area (Å²) in [7, 11) is 0. The molecule has 0 rings (SSSR count). The number of ether oxygens (including phenoxy) is 1. The van der Waals surface area contributed by atoms with Crippen molar-refractivity contribution in [3.05, 3.63) is 0 Å². The van der Waals surface area contributed by atoms with Gasteiger partial charge < -0.3 is 9.84 Å². The van der Waals surface area contributed by atoms with Crippen LogP contribution in [0, 0.1) is 5.92 Å². The van der Waals surface area contributed by atoms with Gasteiger partial charge in [0.15, 0.2) is 0 Å². The second kappa shape index (κ2) is 16.9. The van der Waals surface area contributed by atoms with Crippen molar-refractivity contribution >= 4 is 11.9 Å². The van der Waals surface area contributed by atoms with E-state index in [-0.39, 0.29) is 6.42 Å². The number of carboxylic acids is 1. The molecule has 1 atom stereocenters. The molecular weight excluding hydrogens is 352 g/mol. The second-order valence-electron chi connectivity index (χ2n) is 9.21. The first-order valence-electron chi connectivity index (χ1n) is 11.7. The van der Waals surface area contributed by atoms with Crippen molar-refractivity contribution in [3.63, 3.8) is 0 Å². The minimum atomic E-state index is -0.888. The van der Waals surface area contributed by atoms with Crippen LogP contribution in [0.4, 0.5) is 0 Å². The number of hydrogen-bond acceptors (Lipinski definition) is 3. The summed E-state index contributed by atoms with van der Waals surface area (Å²) < 4.78 is 5.24. The molecule has 0 heterocycles. The summed E-state index contributed by atoms with van der Waals surface area (Å²) in [5, 5.41) is 9.32. The van der Waals surface area contributed by atoms with Crippen LogP contribution in [0.15, 0.2) is 0 Å². The van der Waals surface area contributed by atoms with Gasteiger partial charge >= 0.3 is 11.9 Å². The molecule has 0 amide bonds.